The number of rotatable bonds is 2. The summed E-state index contributed by atoms with van der Waals surface area (Å²) in [6.07, 6.45) is -20.5. The van der Waals surface area contributed by atoms with Crippen molar-refractivity contribution in [2.75, 3.05) is 0 Å². The Bertz CT molecular complexity index is 2940. The van der Waals surface area contributed by atoms with E-state index in [1.807, 2.05) is 0 Å². The topological polar surface area (TPSA) is 26.3 Å². The van der Waals surface area contributed by atoms with Gasteiger partial charge in [-0.1, -0.05) is 36.4 Å². The first-order chi connectivity index (χ1) is 27.3. The van der Waals surface area contributed by atoms with Crippen LogP contribution in [0.5, 0.6) is 0 Å². The van der Waals surface area contributed by atoms with Gasteiger partial charge in [0.1, 0.15) is 22.7 Å². The highest BCUT2D eigenvalue weighted by atomic mass is 19.4. The molecule has 0 aliphatic heterocycles. The standard InChI is InChI=1S/C44H18F12O2/c45-41(46,47)23-9-21(10-24(17-23)42(48,49)50)35-29-13-19-16-32-30(14-20(19)15-31(29)39-37(35)27-5-1-3-7-33(27)57-39)36(38-28-6-2-4-8-34(28)58-40(32)38)22-11-25(43(51,52)53)18-26(12-22)44(54,55)56/h1-18H. The van der Waals surface area contributed by atoms with Crippen molar-refractivity contribution in [1.82, 2.24) is 0 Å². The van der Waals surface area contributed by atoms with Crippen LogP contribution in [0.4, 0.5) is 52.7 Å². The van der Waals surface area contributed by atoms with Crippen LogP contribution in [0.25, 0.3) is 66.5 Å². The normalized spacial score (nSPS) is 14.1. The molecular weight excluding hydrogens is 788 g/mol. The van der Waals surface area contributed by atoms with Gasteiger partial charge in [-0.3, -0.25) is 0 Å². The van der Waals surface area contributed by atoms with E-state index in [-0.39, 0.29) is 67.5 Å². The Morgan fingerprint density at radius 3 is 1.02 bits per heavy atom. The zero-order valence-corrected chi connectivity index (χ0v) is 28.7. The quantitative estimate of drug-likeness (QED) is 0.163. The third kappa shape index (κ3) is 5.37. The summed E-state index contributed by atoms with van der Waals surface area (Å²) in [6.45, 7) is 0. The van der Waals surface area contributed by atoms with Gasteiger partial charge in [0.05, 0.1) is 22.3 Å². The van der Waals surface area contributed by atoms with Gasteiger partial charge in [-0.05, 0) is 105 Å². The first-order valence-electron chi connectivity index (χ1n) is 17.3. The van der Waals surface area contributed by atoms with Crippen molar-refractivity contribution >= 4 is 43.9 Å². The lowest BCUT2D eigenvalue weighted by Gasteiger charge is -2.15. The van der Waals surface area contributed by atoms with Crippen molar-refractivity contribution in [2.24, 2.45) is 0 Å². The minimum absolute atomic E-state index is 0.0364. The summed E-state index contributed by atoms with van der Waals surface area (Å²) in [4.78, 5) is 0. The number of furan rings is 2. The van der Waals surface area contributed by atoms with Crippen molar-refractivity contribution in [1.29, 1.82) is 0 Å². The monoisotopic (exact) mass is 806 g/mol. The molecule has 14 heteroatoms. The Morgan fingerprint density at radius 1 is 0.362 bits per heavy atom. The summed E-state index contributed by atoms with van der Waals surface area (Å²) in [5, 5.41) is 2.07. The molecule has 0 N–H and O–H groups in total. The molecule has 0 amide bonds. The lowest BCUT2D eigenvalue weighted by atomic mass is 9.93. The van der Waals surface area contributed by atoms with Crippen LogP contribution in [0.2, 0.25) is 0 Å². The summed E-state index contributed by atoms with van der Waals surface area (Å²) in [6, 6.07) is 21.9. The van der Waals surface area contributed by atoms with Crippen LogP contribution >= 0.6 is 0 Å². The average Bonchev–Trinajstić information content (AvgIpc) is 3.88. The fraction of sp³-hybridized carbons (Fsp3) is 0.0909. The fourth-order valence-electron chi connectivity index (χ4n) is 8.17. The largest absolute Gasteiger partial charge is 0.455 e. The van der Waals surface area contributed by atoms with E-state index < -0.39 is 47.0 Å². The van der Waals surface area contributed by atoms with Gasteiger partial charge >= 0.3 is 24.7 Å². The predicted molar refractivity (Wildman–Crippen MR) is 190 cm³/mol. The summed E-state index contributed by atoms with van der Waals surface area (Å²) in [5.74, 6) is 0.295. The third-order valence-corrected chi connectivity index (χ3v) is 10.6. The molecule has 58 heavy (non-hydrogen) atoms. The summed E-state index contributed by atoms with van der Waals surface area (Å²) < 4.78 is 182. The van der Waals surface area contributed by atoms with Crippen molar-refractivity contribution in [3.05, 3.63) is 164 Å². The Morgan fingerprint density at radius 2 is 0.690 bits per heavy atom. The zero-order chi connectivity index (χ0) is 40.8. The molecule has 0 bridgehead atoms. The van der Waals surface area contributed by atoms with Gasteiger partial charge < -0.3 is 8.83 Å². The van der Waals surface area contributed by atoms with E-state index in [4.69, 9.17) is 8.83 Å². The molecule has 10 rings (SSSR count). The smallest absolute Gasteiger partial charge is 0.416 e. The predicted octanol–water partition coefficient (Wildman–Crippen LogP) is 12.9. The van der Waals surface area contributed by atoms with Gasteiger partial charge in [0.15, 0.2) is 0 Å². The van der Waals surface area contributed by atoms with E-state index in [1.54, 1.807) is 72.8 Å². The molecule has 0 saturated heterocycles. The molecular formula is C44H18F12O2. The van der Waals surface area contributed by atoms with E-state index in [1.165, 1.54) is 0 Å². The van der Waals surface area contributed by atoms with Crippen LogP contribution in [0.1, 0.15) is 44.5 Å². The van der Waals surface area contributed by atoms with Gasteiger partial charge in [-0.25, -0.2) is 0 Å². The number of halogens is 12. The minimum atomic E-state index is -5.14. The van der Waals surface area contributed by atoms with Crippen LogP contribution in [0.3, 0.4) is 0 Å². The molecule has 2 heterocycles. The molecule has 0 saturated carbocycles. The maximum Gasteiger partial charge on any atom is 0.416 e. The van der Waals surface area contributed by atoms with E-state index in [2.05, 4.69) is 0 Å². The van der Waals surface area contributed by atoms with Gasteiger partial charge in [0, 0.05) is 44.2 Å². The second kappa shape index (κ2) is 11.6. The van der Waals surface area contributed by atoms with E-state index in [0.29, 0.717) is 68.1 Å². The highest BCUT2D eigenvalue weighted by Crippen LogP contribution is 2.48. The number of hydrogen-bond donors (Lipinski definition) is 0. The van der Waals surface area contributed by atoms with E-state index in [9.17, 15) is 52.7 Å². The van der Waals surface area contributed by atoms with Crippen LogP contribution in [-0.4, -0.2) is 0 Å². The molecule has 6 aromatic carbocycles. The van der Waals surface area contributed by atoms with Crippen LogP contribution < -0.4 is 10.4 Å². The van der Waals surface area contributed by atoms with Crippen LogP contribution in [0, 0.1) is 0 Å². The SMILES string of the molecule is FC(F)(F)c1cc(C2=c3cc4cc5c(cc4cc3-c3oc4ccccc4c32)=C(c2cc(C(F)(F)F)cc(C(F)(F)F)c2)c2c-5oc3ccccc23)cc(C(F)(F)F)c1. The van der Waals surface area contributed by atoms with Gasteiger partial charge in [0.2, 0.25) is 0 Å². The Hall–Kier alpha value is -6.44. The molecule has 0 fully saturated rings. The maximum absolute atomic E-state index is 14.1. The zero-order valence-electron chi connectivity index (χ0n) is 28.7. The first kappa shape index (κ1) is 35.9. The Labute approximate surface area is 316 Å². The van der Waals surface area contributed by atoms with Crippen molar-refractivity contribution in [3.63, 3.8) is 0 Å². The summed E-state index contributed by atoms with van der Waals surface area (Å²) in [7, 11) is 0. The maximum atomic E-state index is 14.1. The van der Waals surface area contributed by atoms with Crippen molar-refractivity contribution in [2.45, 2.75) is 24.7 Å². The molecule has 2 aliphatic rings. The molecule has 290 valence electrons. The van der Waals surface area contributed by atoms with Gasteiger partial charge in [-0.2, -0.15) is 52.7 Å². The molecule has 2 aliphatic carbocycles. The number of fused-ring (bicyclic) bond motifs is 11. The van der Waals surface area contributed by atoms with Crippen molar-refractivity contribution in [3.8, 4) is 22.6 Å². The second-order valence-corrected chi connectivity index (χ2v) is 14.1. The van der Waals surface area contributed by atoms with Crippen LogP contribution in [-0.2, 0) is 24.7 Å². The molecule has 0 unspecified atom stereocenters. The number of hydrogen-bond acceptors (Lipinski definition) is 2. The lowest BCUT2D eigenvalue weighted by molar-refractivity contribution is -0.144. The van der Waals surface area contributed by atoms with Gasteiger partial charge in [-0.15, -0.1) is 0 Å². The molecule has 2 aromatic heterocycles. The third-order valence-electron chi connectivity index (χ3n) is 10.6. The first-order valence-corrected chi connectivity index (χ1v) is 17.3. The van der Waals surface area contributed by atoms with E-state index >= 15 is 0 Å². The minimum Gasteiger partial charge on any atom is -0.455 e. The molecule has 2 nitrogen and oxygen atoms in total. The molecule has 8 aromatic rings. The van der Waals surface area contributed by atoms with E-state index in [0.717, 1.165) is 0 Å². The summed E-state index contributed by atoms with van der Waals surface area (Å²) in [5.41, 5.74) is -5.09. The molecule has 0 radical (unpaired) electrons. The highest BCUT2D eigenvalue weighted by molar-refractivity contribution is 6.10. The number of alkyl halides is 12. The van der Waals surface area contributed by atoms with Crippen molar-refractivity contribution < 1.29 is 61.5 Å². The second-order valence-electron chi connectivity index (χ2n) is 14.1. The average molecular weight is 807 g/mol. The molecule has 0 spiro atoms. The highest BCUT2D eigenvalue weighted by Gasteiger charge is 2.40. The Kier molecular flexibility index (Phi) is 7.17. The number of benzene rings is 6. The summed E-state index contributed by atoms with van der Waals surface area (Å²) >= 11 is 0. The lowest BCUT2D eigenvalue weighted by Crippen LogP contribution is -2.14. The fourth-order valence-corrected chi connectivity index (χ4v) is 8.17. The van der Waals surface area contributed by atoms with Gasteiger partial charge in [0.25, 0.3) is 0 Å². The number of para-hydroxylation sites is 2. The molecule has 0 atom stereocenters. The Balaban J connectivity index is 1.32. The van der Waals surface area contributed by atoms with Crippen LogP contribution in [0.15, 0.2) is 118 Å².